The molecule has 0 saturated heterocycles. The standard InChI is InChI=1S/C7H7OS/c1-5-3-4-7(9-5)6(2)8/h3-4H,1H2,2H3. The molecule has 1 aromatic heterocycles. The zero-order valence-corrected chi connectivity index (χ0v) is 5.99. The van der Waals surface area contributed by atoms with Gasteiger partial charge >= 0.3 is 0 Å². The summed E-state index contributed by atoms with van der Waals surface area (Å²) in [5.41, 5.74) is 0. The van der Waals surface area contributed by atoms with E-state index in [4.69, 9.17) is 0 Å². The molecule has 0 aliphatic carbocycles. The van der Waals surface area contributed by atoms with Crippen LogP contribution in [0.1, 0.15) is 21.5 Å². The molecule has 0 aromatic carbocycles. The molecule has 0 spiro atoms. The van der Waals surface area contributed by atoms with E-state index in [1.807, 2.05) is 6.07 Å². The number of ketones is 1. The lowest BCUT2D eigenvalue weighted by Gasteiger charge is -1.81. The molecule has 1 rings (SSSR count). The second-order valence-electron chi connectivity index (χ2n) is 1.82. The third-order valence-electron chi connectivity index (χ3n) is 1.01. The molecule has 1 aromatic rings. The molecule has 0 N–H and O–H groups in total. The number of rotatable bonds is 1. The third-order valence-corrected chi connectivity index (χ3v) is 2.05. The maximum atomic E-state index is 10.6. The second kappa shape index (κ2) is 2.31. The average Bonchev–Trinajstić information content (AvgIpc) is 2.14. The lowest BCUT2D eigenvalue weighted by atomic mass is 10.3. The van der Waals surface area contributed by atoms with Crippen LogP contribution in [0.25, 0.3) is 0 Å². The molecule has 1 nitrogen and oxygen atoms in total. The quantitative estimate of drug-likeness (QED) is 0.545. The van der Waals surface area contributed by atoms with Gasteiger partial charge in [0.25, 0.3) is 0 Å². The molecule has 0 saturated carbocycles. The highest BCUT2D eigenvalue weighted by atomic mass is 32.1. The number of carbonyl (C=O) groups excluding carboxylic acids is 1. The molecule has 0 aliphatic rings. The summed E-state index contributed by atoms with van der Waals surface area (Å²) in [7, 11) is 0. The van der Waals surface area contributed by atoms with Crippen LogP contribution in [0, 0.1) is 6.92 Å². The van der Waals surface area contributed by atoms with Crippen molar-refractivity contribution in [3.05, 3.63) is 28.8 Å². The Balaban J connectivity index is 2.98. The van der Waals surface area contributed by atoms with Crippen molar-refractivity contribution in [2.24, 2.45) is 0 Å². The summed E-state index contributed by atoms with van der Waals surface area (Å²) in [5, 5.41) is 0. The van der Waals surface area contributed by atoms with Crippen LogP contribution in [0.4, 0.5) is 0 Å². The van der Waals surface area contributed by atoms with E-state index in [0.29, 0.717) is 0 Å². The summed E-state index contributed by atoms with van der Waals surface area (Å²) < 4.78 is 0. The molecule has 47 valence electrons. The number of Topliss-reactive ketones (excluding diaryl/α,β-unsaturated/α-hetero) is 1. The van der Waals surface area contributed by atoms with Gasteiger partial charge in [0.2, 0.25) is 0 Å². The van der Waals surface area contributed by atoms with Crippen molar-refractivity contribution >= 4 is 17.1 Å². The Morgan fingerprint density at radius 1 is 1.67 bits per heavy atom. The van der Waals surface area contributed by atoms with Crippen LogP contribution < -0.4 is 0 Å². The Hall–Kier alpha value is -0.630. The highest BCUT2D eigenvalue weighted by molar-refractivity contribution is 7.14. The van der Waals surface area contributed by atoms with Gasteiger partial charge in [0.15, 0.2) is 5.78 Å². The molecule has 0 bridgehead atoms. The van der Waals surface area contributed by atoms with Gasteiger partial charge in [0, 0.05) is 4.88 Å². The van der Waals surface area contributed by atoms with E-state index < -0.39 is 0 Å². The normalized spacial score (nSPS) is 9.56. The SMILES string of the molecule is [CH2]c1ccc(C(C)=O)s1. The van der Waals surface area contributed by atoms with E-state index in [9.17, 15) is 4.79 Å². The van der Waals surface area contributed by atoms with Crippen LogP contribution in [0.2, 0.25) is 0 Å². The van der Waals surface area contributed by atoms with Crippen molar-refractivity contribution in [1.82, 2.24) is 0 Å². The van der Waals surface area contributed by atoms with Gasteiger partial charge in [-0.25, -0.2) is 0 Å². The fourth-order valence-corrected chi connectivity index (χ4v) is 1.27. The molecule has 9 heavy (non-hydrogen) atoms. The highest BCUT2D eigenvalue weighted by Crippen LogP contribution is 2.14. The average molecular weight is 139 g/mol. The molecule has 0 atom stereocenters. The largest absolute Gasteiger partial charge is 0.294 e. The number of hydrogen-bond acceptors (Lipinski definition) is 2. The molecule has 0 aliphatic heterocycles. The molecule has 0 fully saturated rings. The van der Waals surface area contributed by atoms with E-state index in [1.165, 1.54) is 11.3 Å². The minimum absolute atomic E-state index is 0.120. The fraction of sp³-hybridized carbons (Fsp3) is 0.143. The van der Waals surface area contributed by atoms with E-state index in [2.05, 4.69) is 6.92 Å². The maximum absolute atomic E-state index is 10.6. The van der Waals surface area contributed by atoms with Gasteiger partial charge in [-0.3, -0.25) is 4.79 Å². The van der Waals surface area contributed by atoms with Crippen LogP contribution in [0.3, 0.4) is 0 Å². The summed E-state index contributed by atoms with van der Waals surface area (Å²) in [6.45, 7) is 5.25. The first-order valence-electron chi connectivity index (χ1n) is 2.63. The lowest BCUT2D eigenvalue weighted by Crippen LogP contribution is -1.83. The summed E-state index contributed by atoms with van der Waals surface area (Å²) in [6.07, 6.45) is 0. The lowest BCUT2D eigenvalue weighted by molar-refractivity contribution is 0.102. The van der Waals surface area contributed by atoms with Gasteiger partial charge in [-0.05, 0) is 26.0 Å². The molecule has 1 radical (unpaired) electrons. The summed E-state index contributed by atoms with van der Waals surface area (Å²) >= 11 is 1.44. The van der Waals surface area contributed by atoms with Crippen molar-refractivity contribution in [1.29, 1.82) is 0 Å². The van der Waals surface area contributed by atoms with Gasteiger partial charge in [-0.15, -0.1) is 11.3 Å². The highest BCUT2D eigenvalue weighted by Gasteiger charge is 1.99. The minimum atomic E-state index is 0.120. The van der Waals surface area contributed by atoms with Crippen LogP contribution in [0.5, 0.6) is 0 Å². The van der Waals surface area contributed by atoms with Gasteiger partial charge in [-0.1, -0.05) is 0 Å². The Morgan fingerprint density at radius 2 is 2.33 bits per heavy atom. The molecule has 1 heterocycles. The third kappa shape index (κ3) is 1.39. The second-order valence-corrected chi connectivity index (χ2v) is 2.99. The Morgan fingerprint density at radius 3 is 2.56 bits per heavy atom. The molecule has 0 unspecified atom stereocenters. The molecule has 0 amide bonds. The van der Waals surface area contributed by atoms with Crippen molar-refractivity contribution < 1.29 is 4.79 Å². The van der Waals surface area contributed by atoms with E-state index in [0.717, 1.165) is 9.75 Å². The van der Waals surface area contributed by atoms with E-state index in [1.54, 1.807) is 13.0 Å². The van der Waals surface area contributed by atoms with Gasteiger partial charge < -0.3 is 0 Å². The first kappa shape index (κ1) is 6.49. The molecular formula is C7H7OS. The van der Waals surface area contributed by atoms with Gasteiger partial charge in [0.05, 0.1) is 4.88 Å². The predicted octanol–water partition coefficient (Wildman–Crippen LogP) is 2.13. The smallest absolute Gasteiger partial charge is 0.169 e. The molecule has 2 heteroatoms. The minimum Gasteiger partial charge on any atom is -0.294 e. The van der Waals surface area contributed by atoms with E-state index >= 15 is 0 Å². The predicted molar refractivity (Wildman–Crippen MR) is 38.8 cm³/mol. The van der Waals surface area contributed by atoms with Crippen molar-refractivity contribution in [3.8, 4) is 0 Å². The zero-order valence-electron chi connectivity index (χ0n) is 5.18. The summed E-state index contributed by atoms with van der Waals surface area (Å²) in [4.78, 5) is 12.4. The monoisotopic (exact) mass is 139 g/mol. The first-order valence-corrected chi connectivity index (χ1v) is 3.44. The summed E-state index contributed by atoms with van der Waals surface area (Å²) in [5.74, 6) is 0.120. The first-order chi connectivity index (χ1) is 4.20. The van der Waals surface area contributed by atoms with Gasteiger partial charge in [-0.2, -0.15) is 0 Å². The van der Waals surface area contributed by atoms with Crippen molar-refractivity contribution in [2.45, 2.75) is 6.92 Å². The van der Waals surface area contributed by atoms with Crippen molar-refractivity contribution in [2.75, 3.05) is 0 Å². The van der Waals surface area contributed by atoms with Crippen LogP contribution in [-0.2, 0) is 0 Å². The zero-order chi connectivity index (χ0) is 6.85. The Labute approximate surface area is 58.3 Å². The Bertz CT molecular complexity index is 225. The fourth-order valence-electron chi connectivity index (χ4n) is 0.567. The molecular weight excluding hydrogens is 132 g/mol. The maximum Gasteiger partial charge on any atom is 0.169 e. The van der Waals surface area contributed by atoms with Crippen LogP contribution in [0.15, 0.2) is 12.1 Å². The number of thiophene rings is 1. The van der Waals surface area contributed by atoms with Crippen LogP contribution in [-0.4, -0.2) is 5.78 Å². The van der Waals surface area contributed by atoms with Crippen LogP contribution >= 0.6 is 11.3 Å². The van der Waals surface area contributed by atoms with Crippen molar-refractivity contribution in [3.63, 3.8) is 0 Å². The Kier molecular flexibility index (Phi) is 1.67. The van der Waals surface area contributed by atoms with Gasteiger partial charge in [0.1, 0.15) is 0 Å². The topological polar surface area (TPSA) is 17.1 Å². The van der Waals surface area contributed by atoms with E-state index in [-0.39, 0.29) is 5.78 Å². The number of carbonyl (C=O) groups is 1. The number of hydrogen-bond donors (Lipinski definition) is 0. The summed E-state index contributed by atoms with van der Waals surface area (Å²) in [6, 6.07) is 3.65.